The van der Waals surface area contributed by atoms with Crippen LogP contribution in [0.1, 0.15) is 19.0 Å². The van der Waals surface area contributed by atoms with Crippen LogP contribution in [0.25, 0.3) is 5.69 Å². The molecule has 0 aliphatic heterocycles. The Morgan fingerprint density at radius 2 is 2.05 bits per heavy atom. The molecule has 0 unspecified atom stereocenters. The van der Waals surface area contributed by atoms with Crippen molar-refractivity contribution in [2.75, 3.05) is 5.32 Å². The van der Waals surface area contributed by atoms with Crippen LogP contribution in [-0.4, -0.2) is 24.8 Å². The van der Waals surface area contributed by atoms with Gasteiger partial charge in [-0.25, -0.2) is 0 Å². The summed E-state index contributed by atoms with van der Waals surface area (Å²) in [6.07, 6.45) is 4.84. The normalized spacial score (nSPS) is 10.7. The fourth-order valence-corrected chi connectivity index (χ4v) is 2.35. The minimum Gasteiger partial charge on any atom is -0.378 e. The smallest absolute Gasteiger partial charge is 0.143 e. The highest BCUT2D eigenvalue weighted by Gasteiger charge is 2.06. The minimum atomic E-state index is 0.770. The Balaban J connectivity index is 1.78. The first-order chi connectivity index (χ1) is 10.4. The van der Waals surface area contributed by atoms with Gasteiger partial charge in [-0.3, -0.25) is 0 Å². The van der Waals surface area contributed by atoms with E-state index in [1.165, 1.54) is 5.69 Å². The molecule has 0 atom stereocenters. The molecule has 108 valence electrons. The molecular formula is C15H18N6. The van der Waals surface area contributed by atoms with Gasteiger partial charge in [-0.1, -0.05) is 19.1 Å². The molecule has 6 nitrogen and oxygen atoms in total. The van der Waals surface area contributed by atoms with Crippen LogP contribution >= 0.6 is 0 Å². The fraction of sp³-hybridized carbons (Fsp3) is 0.267. The monoisotopic (exact) mass is 282 g/mol. The highest BCUT2D eigenvalue weighted by molar-refractivity contribution is 5.60. The second-order valence-electron chi connectivity index (χ2n) is 4.82. The number of hydrogen-bond donors (Lipinski definition) is 1. The average molecular weight is 282 g/mol. The van der Waals surface area contributed by atoms with E-state index in [0.717, 1.165) is 30.9 Å². The van der Waals surface area contributed by atoms with Crippen molar-refractivity contribution in [3.8, 4) is 5.69 Å². The summed E-state index contributed by atoms with van der Waals surface area (Å²) in [4.78, 5) is 0. The number of rotatable bonds is 6. The molecule has 6 heteroatoms. The topological polar surface area (TPSA) is 60.6 Å². The van der Waals surface area contributed by atoms with Gasteiger partial charge in [-0.15, -0.1) is 5.10 Å². The van der Waals surface area contributed by atoms with Crippen molar-refractivity contribution in [3.05, 3.63) is 54.6 Å². The van der Waals surface area contributed by atoms with Crippen LogP contribution < -0.4 is 5.32 Å². The van der Waals surface area contributed by atoms with Crippen LogP contribution in [-0.2, 0) is 13.1 Å². The molecule has 0 aliphatic carbocycles. The summed E-state index contributed by atoms with van der Waals surface area (Å²) in [5.74, 6) is 0. The van der Waals surface area contributed by atoms with Crippen LogP contribution in [0.15, 0.2) is 48.9 Å². The quantitative estimate of drug-likeness (QED) is 0.754. The van der Waals surface area contributed by atoms with E-state index in [-0.39, 0.29) is 0 Å². The molecule has 0 saturated carbocycles. The van der Waals surface area contributed by atoms with Gasteiger partial charge in [-0.05, 0) is 41.1 Å². The van der Waals surface area contributed by atoms with E-state index in [0.29, 0.717) is 0 Å². The van der Waals surface area contributed by atoms with Crippen molar-refractivity contribution in [1.82, 2.24) is 24.8 Å². The lowest BCUT2D eigenvalue weighted by atomic mass is 10.2. The molecule has 3 rings (SSSR count). The van der Waals surface area contributed by atoms with Crippen LogP contribution in [0.3, 0.4) is 0 Å². The summed E-state index contributed by atoms with van der Waals surface area (Å²) >= 11 is 0. The lowest BCUT2D eigenvalue weighted by molar-refractivity contribution is 0.654. The summed E-state index contributed by atoms with van der Waals surface area (Å²) in [6, 6.07) is 12.2. The van der Waals surface area contributed by atoms with Crippen LogP contribution in [0.5, 0.6) is 0 Å². The zero-order valence-corrected chi connectivity index (χ0v) is 12.0. The molecule has 3 aromatic rings. The number of hydrogen-bond acceptors (Lipinski definition) is 4. The summed E-state index contributed by atoms with van der Waals surface area (Å²) in [5, 5.41) is 14.8. The van der Waals surface area contributed by atoms with E-state index in [1.807, 2.05) is 24.3 Å². The summed E-state index contributed by atoms with van der Waals surface area (Å²) in [7, 11) is 0. The maximum Gasteiger partial charge on any atom is 0.143 e. The Kier molecular flexibility index (Phi) is 3.95. The summed E-state index contributed by atoms with van der Waals surface area (Å²) < 4.78 is 3.93. The van der Waals surface area contributed by atoms with E-state index >= 15 is 0 Å². The standard InChI is InChI=1S/C15H18N6/c1-2-9-20-10-5-6-13(20)11-16-14-7-3-4-8-15(14)21-12-17-18-19-21/h3-8,10,12,16H,2,9,11H2,1H3. The van der Waals surface area contributed by atoms with Gasteiger partial charge < -0.3 is 9.88 Å². The van der Waals surface area contributed by atoms with Crippen molar-refractivity contribution >= 4 is 5.69 Å². The van der Waals surface area contributed by atoms with Gasteiger partial charge in [0.2, 0.25) is 0 Å². The van der Waals surface area contributed by atoms with E-state index < -0.39 is 0 Å². The predicted octanol–water partition coefficient (Wildman–Crippen LogP) is 2.49. The van der Waals surface area contributed by atoms with Crippen molar-refractivity contribution < 1.29 is 0 Å². The maximum absolute atomic E-state index is 3.95. The molecule has 0 amide bonds. The Morgan fingerprint density at radius 3 is 2.86 bits per heavy atom. The minimum absolute atomic E-state index is 0.770. The molecule has 2 heterocycles. The van der Waals surface area contributed by atoms with Gasteiger partial charge in [-0.2, -0.15) is 4.68 Å². The molecule has 21 heavy (non-hydrogen) atoms. The largest absolute Gasteiger partial charge is 0.378 e. The Bertz CT molecular complexity index is 686. The van der Waals surface area contributed by atoms with Crippen LogP contribution in [0.2, 0.25) is 0 Å². The third-order valence-electron chi connectivity index (χ3n) is 3.35. The van der Waals surface area contributed by atoms with Gasteiger partial charge in [0.05, 0.1) is 17.9 Å². The molecule has 1 aromatic carbocycles. The van der Waals surface area contributed by atoms with Gasteiger partial charge in [0.15, 0.2) is 0 Å². The summed E-state index contributed by atoms with van der Waals surface area (Å²) in [5.41, 5.74) is 3.22. The van der Waals surface area contributed by atoms with Crippen LogP contribution in [0, 0.1) is 0 Å². The second kappa shape index (κ2) is 6.21. The van der Waals surface area contributed by atoms with Gasteiger partial charge >= 0.3 is 0 Å². The van der Waals surface area contributed by atoms with Crippen molar-refractivity contribution in [3.63, 3.8) is 0 Å². The molecule has 0 aliphatic rings. The SMILES string of the molecule is CCCn1cccc1CNc1ccccc1-n1cnnn1. The predicted molar refractivity (Wildman–Crippen MR) is 81.2 cm³/mol. The summed E-state index contributed by atoms with van der Waals surface area (Å²) in [6.45, 7) is 4.00. The van der Waals surface area contributed by atoms with Crippen molar-refractivity contribution in [2.45, 2.75) is 26.4 Å². The van der Waals surface area contributed by atoms with E-state index in [1.54, 1.807) is 11.0 Å². The lowest BCUT2D eigenvalue weighted by Gasteiger charge is -2.13. The molecule has 0 fully saturated rings. The van der Waals surface area contributed by atoms with Crippen molar-refractivity contribution in [1.29, 1.82) is 0 Å². The molecule has 0 spiro atoms. The third-order valence-corrected chi connectivity index (χ3v) is 3.35. The molecule has 0 saturated heterocycles. The van der Waals surface area contributed by atoms with E-state index in [2.05, 4.69) is 50.7 Å². The number of para-hydroxylation sites is 2. The Hall–Kier alpha value is -2.63. The van der Waals surface area contributed by atoms with Crippen molar-refractivity contribution in [2.24, 2.45) is 0 Å². The second-order valence-corrected chi connectivity index (χ2v) is 4.82. The first-order valence-electron chi connectivity index (χ1n) is 7.08. The third kappa shape index (κ3) is 2.94. The number of aromatic nitrogens is 5. The lowest BCUT2D eigenvalue weighted by Crippen LogP contribution is -2.09. The molecule has 1 N–H and O–H groups in total. The zero-order chi connectivity index (χ0) is 14.5. The molecule has 2 aromatic heterocycles. The molecule has 0 radical (unpaired) electrons. The first kappa shape index (κ1) is 13.4. The van der Waals surface area contributed by atoms with E-state index in [9.17, 15) is 0 Å². The number of aryl methyl sites for hydroxylation is 1. The number of nitrogens with one attached hydrogen (secondary N) is 1. The van der Waals surface area contributed by atoms with E-state index in [4.69, 9.17) is 0 Å². The maximum atomic E-state index is 3.95. The Morgan fingerprint density at radius 1 is 1.14 bits per heavy atom. The number of benzene rings is 1. The van der Waals surface area contributed by atoms with Gasteiger partial charge in [0, 0.05) is 18.4 Å². The highest BCUT2D eigenvalue weighted by Crippen LogP contribution is 2.19. The zero-order valence-electron chi connectivity index (χ0n) is 12.0. The number of nitrogens with zero attached hydrogens (tertiary/aromatic N) is 5. The van der Waals surface area contributed by atoms with Crippen LogP contribution in [0.4, 0.5) is 5.69 Å². The number of tetrazole rings is 1. The molecular weight excluding hydrogens is 264 g/mol. The average Bonchev–Trinajstić information content (AvgIpc) is 3.17. The number of anilines is 1. The molecule has 0 bridgehead atoms. The van der Waals surface area contributed by atoms with Gasteiger partial charge in [0.1, 0.15) is 6.33 Å². The fourth-order valence-electron chi connectivity index (χ4n) is 2.35. The Labute approximate surface area is 123 Å². The van der Waals surface area contributed by atoms with Gasteiger partial charge in [0.25, 0.3) is 0 Å². The first-order valence-corrected chi connectivity index (χ1v) is 7.08. The highest BCUT2D eigenvalue weighted by atomic mass is 15.5.